The second-order valence-electron chi connectivity index (χ2n) is 6.51. The van der Waals surface area contributed by atoms with Crippen LogP contribution in [0.15, 0.2) is 48.5 Å². The number of nitrogens with zero attached hydrogens (tertiary/aromatic N) is 1. The Morgan fingerprint density at radius 1 is 1.20 bits per heavy atom. The molecule has 7 heteroatoms. The zero-order valence-corrected chi connectivity index (χ0v) is 18.2. The van der Waals surface area contributed by atoms with Crippen LogP contribution in [0, 0.1) is 12.3 Å². The molecule has 2 rings (SSSR count). The van der Waals surface area contributed by atoms with Crippen LogP contribution in [-0.4, -0.2) is 31.3 Å². The van der Waals surface area contributed by atoms with Crippen molar-refractivity contribution < 1.29 is 14.3 Å². The molecule has 2 aromatic carbocycles. The second-order valence-corrected chi connectivity index (χ2v) is 7.21. The van der Waals surface area contributed by atoms with E-state index in [-0.39, 0.29) is 11.8 Å². The fourth-order valence-corrected chi connectivity index (χ4v) is 3.30. The highest BCUT2D eigenvalue weighted by Crippen LogP contribution is 2.31. The molecule has 5 nitrogen and oxygen atoms in total. The number of rotatable bonds is 10. The number of benzene rings is 2. The van der Waals surface area contributed by atoms with Crippen molar-refractivity contribution in [3.8, 4) is 18.1 Å². The Morgan fingerprint density at radius 2 is 1.93 bits per heavy atom. The van der Waals surface area contributed by atoms with Crippen LogP contribution in [-0.2, 0) is 9.59 Å². The first-order chi connectivity index (χ1) is 14.5. The van der Waals surface area contributed by atoms with Gasteiger partial charge in [0.05, 0.1) is 7.11 Å². The van der Waals surface area contributed by atoms with Crippen LogP contribution in [0.1, 0.15) is 30.9 Å². The molecule has 0 spiro atoms. The van der Waals surface area contributed by atoms with E-state index < -0.39 is 11.9 Å². The summed E-state index contributed by atoms with van der Waals surface area (Å²) in [5.41, 5.74) is 1.10. The van der Waals surface area contributed by atoms with Gasteiger partial charge in [0.25, 0.3) is 0 Å². The number of anilines is 1. The van der Waals surface area contributed by atoms with Crippen molar-refractivity contribution >= 4 is 40.7 Å². The van der Waals surface area contributed by atoms with Gasteiger partial charge in [-0.25, -0.2) is 0 Å². The van der Waals surface area contributed by atoms with E-state index >= 15 is 0 Å². The fourth-order valence-electron chi connectivity index (χ4n) is 2.99. The summed E-state index contributed by atoms with van der Waals surface area (Å²) in [6.07, 6.45) is 7.47. The maximum Gasteiger partial charge on any atom is 0.247 e. The predicted octanol–water partition coefficient (Wildman–Crippen LogP) is 4.58. The van der Waals surface area contributed by atoms with Gasteiger partial charge >= 0.3 is 0 Å². The van der Waals surface area contributed by atoms with E-state index in [0.29, 0.717) is 35.0 Å². The Hall–Kier alpha value is -2.68. The number of hydrogen-bond acceptors (Lipinski definition) is 3. The van der Waals surface area contributed by atoms with Crippen molar-refractivity contribution in [1.82, 2.24) is 5.32 Å². The van der Waals surface area contributed by atoms with E-state index in [0.717, 1.165) is 12.8 Å². The molecule has 0 aliphatic carbocycles. The second kappa shape index (κ2) is 12.1. The summed E-state index contributed by atoms with van der Waals surface area (Å²) in [7, 11) is 1.56. The van der Waals surface area contributed by atoms with Crippen LogP contribution >= 0.6 is 23.2 Å². The summed E-state index contributed by atoms with van der Waals surface area (Å²) in [5.74, 6) is 2.20. The van der Waals surface area contributed by atoms with Gasteiger partial charge < -0.3 is 10.1 Å². The van der Waals surface area contributed by atoms with Crippen molar-refractivity contribution in [1.29, 1.82) is 0 Å². The SMILES string of the molecule is C#CCCCCNC(=O)C(c1ccc(OC)cc1)N(C(=O)CCl)c1cccc(Cl)c1. The van der Waals surface area contributed by atoms with Crippen LogP contribution in [0.5, 0.6) is 5.75 Å². The third-order valence-electron chi connectivity index (χ3n) is 4.45. The van der Waals surface area contributed by atoms with E-state index in [2.05, 4.69) is 11.2 Å². The van der Waals surface area contributed by atoms with Gasteiger partial charge in [-0.1, -0.05) is 29.8 Å². The molecule has 0 heterocycles. The summed E-state index contributed by atoms with van der Waals surface area (Å²) in [4.78, 5) is 27.4. The molecule has 1 N–H and O–H groups in total. The monoisotopic (exact) mass is 446 g/mol. The zero-order valence-electron chi connectivity index (χ0n) is 16.7. The molecule has 0 aliphatic heterocycles. The first kappa shape index (κ1) is 23.6. The summed E-state index contributed by atoms with van der Waals surface area (Å²) in [5, 5.41) is 3.35. The molecule has 2 amide bonds. The maximum absolute atomic E-state index is 13.2. The van der Waals surface area contributed by atoms with E-state index in [1.54, 1.807) is 55.6 Å². The summed E-state index contributed by atoms with van der Waals surface area (Å²) < 4.78 is 5.21. The fraction of sp³-hybridized carbons (Fsp3) is 0.304. The van der Waals surface area contributed by atoms with Gasteiger partial charge in [-0.2, -0.15) is 0 Å². The highest BCUT2D eigenvalue weighted by Gasteiger charge is 2.32. The van der Waals surface area contributed by atoms with Gasteiger partial charge in [0.1, 0.15) is 17.7 Å². The summed E-state index contributed by atoms with van der Waals surface area (Å²) in [6.45, 7) is 0.450. The lowest BCUT2D eigenvalue weighted by molar-refractivity contribution is -0.125. The minimum Gasteiger partial charge on any atom is -0.497 e. The van der Waals surface area contributed by atoms with Gasteiger partial charge in [0.2, 0.25) is 11.8 Å². The number of unbranched alkanes of at least 4 members (excludes halogenated alkanes) is 2. The maximum atomic E-state index is 13.2. The lowest BCUT2D eigenvalue weighted by Crippen LogP contribution is -2.44. The number of methoxy groups -OCH3 is 1. The highest BCUT2D eigenvalue weighted by molar-refractivity contribution is 6.31. The van der Waals surface area contributed by atoms with Crippen LogP contribution in [0.4, 0.5) is 5.69 Å². The van der Waals surface area contributed by atoms with Gasteiger partial charge in [-0.05, 0) is 48.7 Å². The number of alkyl halides is 1. The van der Waals surface area contributed by atoms with Crippen molar-refractivity contribution in [2.45, 2.75) is 25.3 Å². The first-order valence-electron chi connectivity index (χ1n) is 9.50. The van der Waals surface area contributed by atoms with Crippen LogP contribution < -0.4 is 15.0 Å². The molecule has 0 radical (unpaired) electrons. The molecule has 0 aromatic heterocycles. The smallest absolute Gasteiger partial charge is 0.247 e. The van der Waals surface area contributed by atoms with Gasteiger partial charge in [0.15, 0.2) is 0 Å². The number of nitrogens with one attached hydrogen (secondary N) is 1. The molecular formula is C23H24Cl2N2O3. The number of carbonyl (C=O) groups excluding carboxylic acids is 2. The van der Waals surface area contributed by atoms with Gasteiger partial charge in [-0.3, -0.25) is 14.5 Å². The molecule has 30 heavy (non-hydrogen) atoms. The quantitative estimate of drug-likeness (QED) is 0.330. The molecule has 1 unspecified atom stereocenters. The molecule has 0 aliphatic rings. The number of carbonyl (C=O) groups is 2. The first-order valence-corrected chi connectivity index (χ1v) is 10.4. The summed E-state index contributed by atoms with van der Waals surface area (Å²) >= 11 is 12.0. The Bertz CT molecular complexity index is 894. The minimum atomic E-state index is -0.923. The lowest BCUT2D eigenvalue weighted by atomic mass is 10.0. The largest absolute Gasteiger partial charge is 0.497 e. The topological polar surface area (TPSA) is 58.6 Å². The Labute approximate surface area is 187 Å². The van der Waals surface area contributed by atoms with Crippen LogP contribution in [0.25, 0.3) is 0 Å². The minimum absolute atomic E-state index is 0.283. The van der Waals surface area contributed by atoms with E-state index in [1.807, 2.05) is 0 Å². The van der Waals surface area contributed by atoms with E-state index in [4.69, 9.17) is 34.4 Å². The molecule has 2 aromatic rings. The average Bonchev–Trinajstić information content (AvgIpc) is 2.76. The van der Waals surface area contributed by atoms with Crippen LogP contribution in [0.3, 0.4) is 0 Å². The molecule has 0 saturated heterocycles. The van der Waals surface area contributed by atoms with Crippen molar-refractivity contribution in [2.24, 2.45) is 0 Å². The third-order valence-corrected chi connectivity index (χ3v) is 4.92. The number of amides is 2. The molecule has 0 saturated carbocycles. The predicted molar refractivity (Wildman–Crippen MR) is 121 cm³/mol. The third kappa shape index (κ3) is 6.41. The van der Waals surface area contributed by atoms with E-state index in [9.17, 15) is 9.59 Å². The van der Waals surface area contributed by atoms with Gasteiger partial charge in [0, 0.05) is 23.7 Å². The van der Waals surface area contributed by atoms with Crippen molar-refractivity contribution in [3.63, 3.8) is 0 Å². The molecule has 0 fully saturated rings. The van der Waals surface area contributed by atoms with Crippen LogP contribution in [0.2, 0.25) is 5.02 Å². The van der Waals surface area contributed by atoms with E-state index in [1.165, 1.54) is 4.90 Å². The molecular weight excluding hydrogens is 423 g/mol. The Kier molecular flexibility index (Phi) is 9.53. The molecule has 158 valence electrons. The zero-order chi connectivity index (χ0) is 21.9. The van der Waals surface area contributed by atoms with Gasteiger partial charge in [-0.15, -0.1) is 23.9 Å². The lowest BCUT2D eigenvalue weighted by Gasteiger charge is -2.31. The standard InChI is InChI=1S/C23H24Cl2N2O3/c1-3-4-5-6-14-26-23(29)22(17-10-12-20(30-2)13-11-17)27(21(28)16-24)19-9-7-8-18(25)15-19/h1,7-13,15,22H,4-6,14,16H2,2H3,(H,26,29). The Balaban J connectivity index is 2.41. The average molecular weight is 447 g/mol. The Morgan fingerprint density at radius 3 is 2.53 bits per heavy atom. The number of terminal acetylenes is 1. The number of ether oxygens (including phenoxy) is 1. The normalized spacial score (nSPS) is 11.3. The molecule has 0 bridgehead atoms. The van der Waals surface area contributed by atoms with Crippen molar-refractivity contribution in [3.05, 3.63) is 59.1 Å². The number of hydrogen-bond donors (Lipinski definition) is 1. The highest BCUT2D eigenvalue weighted by atomic mass is 35.5. The number of halogens is 2. The summed E-state index contributed by atoms with van der Waals surface area (Å²) in [6, 6.07) is 12.8. The molecule has 1 atom stereocenters. The van der Waals surface area contributed by atoms with Crippen molar-refractivity contribution in [2.75, 3.05) is 24.4 Å².